The third kappa shape index (κ3) is 3.66. The van der Waals surface area contributed by atoms with Crippen LogP contribution >= 0.6 is 11.6 Å². The Balaban J connectivity index is 1.75. The number of benzene rings is 3. The molecule has 4 nitrogen and oxygen atoms in total. The van der Waals surface area contributed by atoms with E-state index in [9.17, 15) is 9.18 Å². The summed E-state index contributed by atoms with van der Waals surface area (Å²) in [4.78, 5) is 12.9. The molecule has 0 atom stereocenters. The topological polar surface area (TPSA) is 46.9 Å². The Bertz CT molecular complexity index is 1130. The summed E-state index contributed by atoms with van der Waals surface area (Å²) in [7, 11) is 0. The van der Waals surface area contributed by atoms with Gasteiger partial charge in [0.15, 0.2) is 0 Å². The molecule has 138 valence electrons. The summed E-state index contributed by atoms with van der Waals surface area (Å²) < 4.78 is 15.0. The number of carbonyl (C=O) groups excluding carboxylic acids is 1. The first-order chi connectivity index (χ1) is 13.6. The summed E-state index contributed by atoms with van der Waals surface area (Å²) in [6, 6.07) is 23.0. The van der Waals surface area contributed by atoms with E-state index in [1.54, 1.807) is 10.9 Å². The lowest BCUT2D eigenvalue weighted by Gasteiger charge is -2.06. The SMILES string of the molecule is O=C(Nc1ccc(F)c(Cl)c1)c1cn(-c2ccccc2)nc1-c1ccccc1. The number of hydrogen-bond donors (Lipinski definition) is 1. The summed E-state index contributed by atoms with van der Waals surface area (Å²) in [5.41, 5.74) is 3.01. The van der Waals surface area contributed by atoms with Gasteiger partial charge in [-0.15, -0.1) is 0 Å². The van der Waals surface area contributed by atoms with Crippen LogP contribution in [0.1, 0.15) is 10.4 Å². The number of rotatable bonds is 4. The summed E-state index contributed by atoms with van der Waals surface area (Å²) in [5.74, 6) is -0.898. The minimum atomic E-state index is -0.540. The van der Waals surface area contributed by atoms with Gasteiger partial charge in [0.1, 0.15) is 11.5 Å². The van der Waals surface area contributed by atoms with Crippen molar-refractivity contribution in [3.63, 3.8) is 0 Å². The Hall–Kier alpha value is -3.44. The van der Waals surface area contributed by atoms with Gasteiger partial charge in [0.2, 0.25) is 0 Å². The first-order valence-electron chi connectivity index (χ1n) is 8.59. The molecule has 28 heavy (non-hydrogen) atoms. The van der Waals surface area contributed by atoms with Crippen molar-refractivity contribution in [3.8, 4) is 16.9 Å². The lowest BCUT2D eigenvalue weighted by molar-refractivity contribution is 0.102. The van der Waals surface area contributed by atoms with Gasteiger partial charge in [-0.2, -0.15) is 5.10 Å². The number of halogens is 2. The molecule has 0 spiro atoms. The molecule has 4 aromatic rings. The molecule has 1 aromatic heterocycles. The van der Waals surface area contributed by atoms with E-state index in [0.717, 1.165) is 11.3 Å². The molecule has 0 saturated carbocycles. The van der Waals surface area contributed by atoms with E-state index in [1.807, 2.05) is 60.7 Å². The number of carbonyl (C=O) groups is 1. The molecule has 0 bridgehead atoms. The molecule has 0 fully saturated rings. The van der Waals surface area contributed by atoms with E-state index in [1.165, 1.54) is 18.2 Å². The van der Waals surface area contributed by atoms with Gasteiger partial charge >= 0.3 is 0 Å². The van der Waals surface area contributed by atoms with Crippen molar-refractivity contribution in [1.82, 2.24) is 9.78 Å². The summed E-state index contributed by atoms with van der Waals surface area (Å²) >= 11 is 5.81. The minimum absolute atomic E-state index is 0.0546. The van der Waals surface area contributed by atoms with E-state index in [2.05, 4.69) is 10.4 Å². The molecule has 0 saturated heterocycles. The number of nitrogens with one attached hydrogen (secondary N) is 1. The number of aromatic nitrogens is 2. The highest BCUT2D eigenvalue weighted by atomic mass is 35.5. The number of hydrogen-bond acceptors (Lipinski definition) is 2. The van der Waals surface area contributed by atoms with Crippen molar-refractivity contribution in [2.45, 2.75) is 0 Å². The van der Waals surface area contributed by atoms with E-state index in [-0.39, 0.29) is 10.9 Å². The zero-order valence-corrected chi connectivity index (χ0v) is 15.4. The molecule has 0 aliphatic rings. The van der Waals surface area contributed by atoms with E-state index in [0.29, 0.717) is 16.9 Å². The molecule has 0 radical (unpaired) electrons. The van der Waals surface area contributed by atoms with Crippen LogP contribution in [0.25, 0.3) is 16.9 Å². The average Bonchev–Trinajstić information content (AvgIpc) is 3.18. The Morgan fingerprint density at radius 3 is 2.32 bits per heavy atom. The molecule has 3 aromatic carbocycles. The maximum Gasteiger partial charge on any atom is 0.259 e. The lowest BCUT2D eigenvalue weighted by atomic mass is 10.1. The van der Waals surface area contributed by atoms with Crippen LogP contribution in [0, 0.1) is 5.82 Å². The summed E-state index contributed by atoms with van der Waals surface area (Å²) in [5, 5.41) is 7.32. The number of para-hydroxylation sites is 1. The molecule has 0 aliphatic carbocycles. The van der Waals surface area contributed by atoms with Gasteiger partial charge in [0.05, 0.1) is 16.3 Å². The average molecular weight is 392 g/mol. The van der Waals surface area contributed by atoms with E-state index in [4.69, 9.17) is 11.6 Å². The second-order valence-corrected chi connectivity index (χ2v) is 6.53. The van der Waals surface area contributed by atoms with E-state index >= 15 is 0 Å². The second-order valence-electron chi connectivity index (χ2n) is 6.12. The third-order valence-corrected chi connectivity index (χ3v) is 4.49. The quantitative estimate of drug-likeness (QED) is 0.493. The van der Waals surface area contributed by atoms with Gasteiger partial charge in [0, 0.05) is 17.4 Å². The minimum Gasteiger partial charge on any atom is -0.322 e. The van der Waals surface area contributed by atoms with Crippen molar-refractivity contribution in [1.29, 1.82) is 0 Å². The second kappa shape index (κ2) is 7.66. The van der Waals surface area contributed by atoms with Gasteiger partial charge in [-0.05, 0) is 30.3 Å². The highest BCUT2D eigenvalue weighted by molar-refractivity contribution is 6.31. The van der Waals surface area contributed by atoms with Crippen molar-refractivity contribution >= 4 is 23.2 Å². The van der Waals surface area contributed by atoms with Crippen molar-refractivity contribution < 1.29 is 9.18 Å². The smallest absolute Gasteiger partial charge is 0.259 e. The van der Waals surface area contributed by atoms with Gasteiger partial charge < -0.3 is 5.32 Å². The predicted molar refractivity (Wildman–Crippen MR) is 108 cm³/mol. The normalized spacial score (nSPS) is 10.6. The molecule has 4 rings (SSSR count). The van der Waals surface area contributed by atoms with Gasteiger partial charge in [-0.1, -0.05) is 60.1 Å². The van der Waals surface area contributed by atoms with Crippen LogP contribution in [0.3, 0.4) is 0 Å². The molecule has 1 amide bonds. The largest absolute Gasteiger partial charge is 0.322 e. The monoisotopic (exact) mass is 391 g/mol. The van der Waals surface area contributed by atoms with Gasteiger partial charge in [-0.3, -0.25) is 4.79 Å². The summed E-state index contributed by atoms with van der Waals surface area (Å²) in [6.07, 6.45) is 1.68. The third-order valence-electron chi connectivity index (χ3n) is 4.20. The van der Waals surface area contributed by atoms with Crippen LogP contribution < -0.4 is 5.32 Å². The fraction of sp³-hybridized carbons (Fsp3) is 0. The van der Waals surface area contributed by atoms with Crippen LogP contribution in [0.5, 0.6) is 0 Å². The Morgan fingerprint density at radius 1 is 0.964 bits per heavy atom. The molecule has 6 heteroatoms. The van der Waals surface area contributed by atoms with Crippen molar-refractivity contribution in [2.24, 2.45) is 0 Å². The first kappa shape index (κ1) is 17.9. The molecular weight excluding hydrogens is 377 g/mol. The number of anilines is 1. The lowest BCUT2D eigenvalue weighted by Crippen LogP contribution is -2.12. The molecule has 1 heterocycles. The fourth-order valence-corrected chi connectivity index (χ4v) is 3.02. The van der Waals surface area contributed by atoms with E-state index < -0.39 is 5.82 Å². The maximum atomic E-state index is 13.4. The van der Waals surface area contributed by atoms with Crippen LogP contribution in [-0.4, -0.2) is 15.7 Å². The standard InChI is InChI=1S/C22H15ClFN3O/c23-19-13-16(11-12-20(19)24)25-22(28)18-14-27(17-9-5-2-6-10-17)26-21(18)15-7-3-1-4-8-15/h1-14H,(H,25,28). The molecule has 0 aliphatic heterocycles. The van der Waals surface area contributed by atoms with Crippen LogP contribution in [0.15, 0.2) is 85.1 Å². The van der Waals surface area contributed by atoms with Crippen LogP contribution in [0.4, 0.5) is 10.1 Å². The van der Waals surface area contributed by atoms with Crippen LogP contribution in [0.2, 0.25) is 5.02 Å². The zero-order valence-electron chi connectivity index (χ0n) is 14.6. The predicted octanol–water partition coefficient (Wildman–Crippen LogP) is 5.58. The maximum absolute atomic E-state index is 13.4. The molecule has 0 unspecified atom stereocenters. The Kier molecular flexibility index (Phi) is 4.91. The highest BCUT2D eigenvalue weighted by Crippen LogP contribution is 2.25. The zero-order chi connectivity index (χ0) is 19.5. The van der Waals surface area contributed by atoms with Gasteiger partial charge in [-0.25, -0.2) is 9.07 Å². The molecule has 1 N–H and O–H groups in total. The Labute approximate surface area is 166 Å². The van der Waals surface area contributed by atoms with Gasteiger partial charge in [0.25, 0.3) is 5.91 Å². The number of nitrogens with zero attached hydrogens (tertiary/aromatic N) is 2. The first-order valence-corrected chi connectivity index (χ1v) is 8.96. The summed E-state index contributed by atoms with van der Waals surface area (Å²) in [6.45, 7) is 0. The highest BCUT2D eigenvalue weighted by Gasteiger charge is 2.19. The number of amides is 1. The Morgan fingerprint density at radius 2 is 1.64 bits per heavy atom. The van der Waals surface area contributed by atoms with Crippen molar-refractivity contribution in [2.75, 3.05) is 5.32 Å². The van der Waals surface area contributed by atoms with Crippen LogP contribution in [-0.2, 0) is 0 Å². The fourth-order valence-electron chi connectivity index (χ4n) is 2.83. The molecular formula is C22H15ClFN3O. The van der Waals surface area contributed by atoms with Crippen molar-refractivity contribution in [3.05, 3.63) is 101 Å².